The third-order valence-electron chi connectivity index (χ3n) is 4.90. The minimum Gasteiger partial charge on any atom is -0.385 e. The van der Waals surface area contributed by atoms with Gasteiger partial charge in [0.25, 0.3) is 0 Å². The van der Waals surface area contributed by atoms with E-state index in [2.05, 4.69) is 53.6 Å². The first-order chi connectivity index (χ1) is 12.5. The highest BCUT2D eigenvalue weighted by atomic mass is 16.3. The highest BCUT2D eigenvalue weighted by Crippen LogP contribution is 2.38. The molecule has 0 spiro atoms. The fourth-order valence-electron chi connectivity index (χ4n) is 3.50. The summed E-state index contributed by atoms with van der Waals surface area (Å²) in [4.78, 5) is 30.6. The fraction of sp³-hybridized carbons (Fsp3) is 0.647. The lowest BCUT2D eigenvalue weighted by atomic mass is 10.1. The van der Waals surface area contributed by atoms with Gasteiger partial charge < -0.3 is 14.9 Å². The molecule has 0 aromatic carbocycles. The van der Waals surface area contributed by atoms with Crippen LogP contribution in [0.25, 0.3) is 0 Å². The monoisotopic (exact) mass is 356 g/mol. The summed E-state index contributed by atoms with van der Waals surface area (Å²) in [5.41, 5.74) is 0. The highest BCUT2D eigenvalue weighted by molar-refractivity contribution is 5.41. The van der Waals surface area contributed by atoms with Gasteiger partial charge in [0.1, 0.15) is 24.6 Å². The Bertz CT molecular complexity index is 769. The van der Waals surface area contributed by atoms with Crippen LogP contribution in [0.5, 0.6) is 0 Å². The minimum absolute atomic E-state index is 0.170. The van der Waals surface area contributed by atoms with Gasteiger partial charge in [0.05, 0.1) is 0 Å². The van der Waals surface area contributed by atoms with E-state index >= 15 is 0 Å². The second-order valence-electron chi connectivity index (χ2n) is 7.25. The van der Waals surface area contributed by atoms with E-state index in [4.69, 9.17) is 0 Å². The normalized spacial score (nSPS) is 24.6. The summed E-state index contributed by atoms with van der Waals surface area (Å²) in [7, 11) is 0. The Morgan fingerprint density at radius 2 is 1.62 bits per heavy atom. The van der Waals surface area contributed by atoms with E-state index in [1.165, 1.54) is 19.2 Å². The van der Waals surface area contributed by atoms with Crippen molar-refractivity contribution < 1.29 is 5.11 Å². The Hall–Kier alpha value is -2.42. The molecule has 2 aromatic rings. The van der Waals surface area contributed by atoms with E-state index < -0.39 is 6.10 Å². The third-order valence-corrected chi connectivity index (χ3v) is 4.90. The number of aliphatic hydroxyl groups excluding tert-OH is 1. The van der Waals surface area contributed by atoms with Gasteiger partial charge in [-0.2, -0.15) is 9.97 Å². The van der Waals surface area contributed by atoms with E-state index in [1.807, 2.05) is 0 Å². The molecular weight excluding hydrogens is 332 g/mol. The fourth-order valence-corrected chi connectivity index (χ4v) is 3.50. The van der Waals surface area contributed by atoms with Gasteiger partial charge in [-0.1, -0.05) is 0 Å². The maximum Gasteiger partial charge on any atom is 0.229 e. The molecule has 2 aliphatic rings. The first kappa shape index (κ1) is 17.0. The van der Waals surface area contributed by atoms with Crippen molar-refractivity contribution in [1.29, 1.82) is 0 Å². The molecule has 3 unspecified atom stereocenters. The zero-order valence-corrected chi connectivity index (χ0v) is 15.3. The highest BCUT2D eigenvalue weighted by Gasteiger charge is 2.34. The van der Waals surface area contributed by atoms with Gasteiger partial charge in [0.2, 0.25) is 11.9 Å². The van der Waals surface area contributed by atoms with Crippen LogP contribution in [-0.4, -0.2) is 60.2 Å². The van der Waals surface area contributed by atoms with E-state index in [1.54, 1.807) is 13.3 Å². The lowest BCUT2D eigenvalue weighted by Gasteiger charge is -2.44. The standard InChI is InChI=1S/C17H24N8O/c1-10-6-24(16-20-9-19-15(23-16)13-4-5-13)7-11(2)25(10)17-21-8-18-14(22-17)12(3)26/h8-13,26H,4-7H2,1-3H3. The van der Waals surface area contributed by atoms with Gasteiger partial charge in [-0.25, -0.2) is 19.9 Å². The van der Waals surface area contributed by atoms with Gasteiger partial charge in [0.15, 0.2) is 5.82 Å². The first-order valence-electron chi connectivity index (χ1n) is 9.12. The number of aromatic nitrogens is 6. The molecule has 9 nitrogen and oxygen atoms in total. The average Bonchev–Trinajstić information content (AvgIpc) is 3.46. The Labute approximate surface area is 152 Å². The summed E-state index contributed by atoms with van der Waals surface area (Å²) in [5, 5.41) is 9.74. The zero-order chi connectivity index (χ0) is 18.3. The minimum atomic E-state index is -0.713. The second-order valence-corrected chi connectivity index (χ2v) is 7.25. The molecular formula is C17H24N8O. The Morgan fingerprint density at radius 3 is 2.27 bits per heavy atom. The quantitative estimate of drug-likeness (QED) is 0.862. The van der Waals surface area contributed by atoms with Crippen LogP contribution in [0.15, 0.2) is 12.7 Å². The number of hydrogen-bond acceptors (Lipinski definition) is 9. The van der Waals surface area contributed by atoms with Crippen molar-refractivity contribution >= 4 is 11.9 Å². The number of aliphatic hydroxyl groups is 1. The second kappa shape index (κ2) is 6.71. The molecule has 3 atom stereocenters. The summed E-state index contributed by atoms with van der Waals surface area (Å²) in [6.45, 7) is 7.47. The van der Waals surface area contributed by atoms with Crippen molar-refractivity contribution in [3.8, 4) is 0 Å². The first-order valence-corrected chi connectivity index (χ1v) is 9.12. The maximum atomic E-state index is 9.74. The summed E-state index contributed by atoms with van der Waals surface area (Å²) in [6, 6.07) is 0.341. The molecule has 3 heterocycles. The summed E-state index contributed by atoms with van der Waals surface area (Å²) in [6.07, 6.45) is 4.72. The van der Waals surface area contributed by atoms with Crippen LogP contribution in [0.1, 0.15) is 57.3 Å². The molecule has 1 saturated carbocycles. The van der Waals surface area contributed by atoms with E-state index in [9.17, 15) is 5.11 Å². The Kier molecular flexibility index (Phi) is 4.39. The molecule has 1 saturated heterocycles. The summed E-state index contributed by atoms with van der Waals surface area (Å²) in [5.74, 6) is 3.17. The van der Waals surface area contributed by atoms with Crippen molar-refractivity contribution in [3.05, 3.63) is 24.3 Å². The zero-order valence-electron chi connectivity index (χ0n) is 15.3. The average molecular weight is 356 g/mol. The molecule has 2 fully saturated rings. The Balaban J connectivity index is 1.54. The largest absolute Gasteiger partial charge is 0.385 e. The van der Waals surface area contributed by atoms with Crippen LogP contribution in [0.2, 0.25) is 0 Å². The number of rotatable bonds is 4. The van der Waals surface area contributed by atoms with Crippen LogP contribution >= 0.6 is 0 Å². The molecule has 2 aromatic heterocycles. The van der Waals surface area contributed by atoms with Crippen molar-refractivity contribution in [2.24, 2.45) is 0 Å². The van der Waals surface area contributed by atoms with E-state index in [-0.39, 0.29) is 12.1 Å². The molecule has 138 valence electrons. The van der Waals surface area contributed by atoms with Gasteiger partial charge in [-0.15, -0.1) is 0 Å². The SMILES string of the molecule is CC(O)c1ncnc(N2C(C)CN(c3ncnc(C4CC4)n3)CC2C)n1. The van der Waals surface area contributed by atoms with Gasteiger partial charge in [0, 0.05) is 31.1 Å². The van der Waals surface area contributed by atoms with Gasteiger partial charge in [-0.3, -0.25) is 0 Å². The van der Waals surface area contributed by atoms with Crippen molar-refractivity contribution in [1.82, 2.24) is 29.9 Å². The van der Waals surface area contributed by atoms with Crippen molar-refractivity contribution in [2.45, 2.75) is 57.7 Å². The van der Waals surface area contributed by atoms with Crippen LogP contribution in [0, 0.1) is 0 Å². The van der Waals surface area contributed by atoms with Crippen LogP contribution in [0.3, 0.4) is 0 Å². The van der Waals surface area contributed by atoms with Gasteiger partial charge >= 0.3 is 0 Å². The van der Waals surface area contributed by atoms with E-state index in [0.29, 0.717) is 17.7 Å². The predicted octanol–water partition coefficient (Wildman–Crippen LogP) is 1.09. The van der Waals surface area contributed by atoms with E-state index in [0.717, 1.165) is 24.9 Å². The summed E-state index contributed by atoms with van der Waals surface area (Å²) < 4.78 is 0. The number of nitrogens with zero attached hydrogens (tertiary/aromatic N) is 8. The molecule has 26 heavy (non-hydrogen) atoms. The number of anilines is 2. The number of piperazine rings is 1. The molecule has 4 rings (SSSR count). The topological polar surface area (TPSA) is 104 Å². The molecule has 9 heteroatoms. The molecule has 0 amide bonds. The van der Waals surface area contributed by atoms with Crippen LogP contribution < -0.4 is 9.80 Å². The molecule has 1 aliphatic heterocycles. The molecule has 0 radical (unpaired) electrons. The third kappa shape index (κ3) is 3.31. The predicted molar refractivity (Wildman–Crippen MR) is 95.9 cm³/mol. The molecule has 0 bridgehead atoms. The van der Waals surface area contributed by atoms with Crippen molar-refractivity contribution in [3.63, 3.8) is 0 Å². The van der Waals surface area contributed by atoms with Gasteiger partial charge in [-0.05, 0) is 33.6 Å². The Morgan fingerprint density at radius 1 is 0.962 bits per heavy atom. The summed E-state index contributed by atoms with van der Waals surface area (Å²) >= 11 is 0. The lowest BCUT2D eigenvalue weighted by Crippen LogP contribution is -2.58. The molecule has 1 aliphatic carbocycles. The van der Waals surface area contributed by atoms with Crippen LogP contribution in [0.4, 0.5) is 11.9 Å². The van der Waals surface area contributed by atoms with Crippen LogP contribution in [-0.2, 0) is 0 Å². The number of hydrogen-bond donors (Lipinski definition) is 1. The van der Waals surface area contributed by atoms with Crippen molar-refractivity contribution in [2.75, 3.05) is 22.9 Å². The maximum absolute atomic E-state index is 9.74. The molecule has 1 N–H and O–H groups in total. The lowest BCUT2D eigenvalue weighted by molar-refractivity contribution is 0.188. The smallest absolute Gasteiger partial charge is 0.229 e.